The van der Waals surface area contributed by atoms with Gasteiger partial charge < -0.3 is 9.88 Å². The molecule has 2 heterocycles. The van der Waals surface area contributed by atoms with Crippen LogP contribution >= 0.6 is 0 Å². The summed E-state index contributed by atoms with van der Waals surface area (Å²) in [4.78, 5) is 33.6. The van der Waals surface area contributed by atoms with Crippen molar-refractivity contribution < 1.29 is 4.79 Å². The lowest BCUT2D eigenvalue weighted by Gasteiger charge is -2.27. The molecule has 7 nitrogen and oxygen atoms in total. The fourth-order valence-electron chi connectivity index (χ4n) is 3.11. The fourth-order valence-corrected chi connectivity index (χ4v) is 3.11. The molecule has 0 aliphatic heterocycles. The molecule has 2 aromatic heterocycles. The summed E-state index contributed by atoms with van der Waals surface area (Å²) in [5, 5.41) is 5.07. The SMILES string of the molecule is Cc1nn(C)c(C)c1CN(C(=O)c1nc(=O)[nH]c2ccccc12)C(C)C. The minimum absolute atomic E-state index is 0.0543. The molecule has 3 rings (SSSR count). The van der Waals surface area contributed by atoms with E-state index >= 15 is 0 Å². The van der Waals surface area contributed by atoms with Gasteiger partial charge in [0.05, 0.1) is 11.2 Å². The highest BCUT2D eigenvalue weighted by Crippen LogP contribution is 2.20. The fraction of sp³-hybridized carbons (Fsp3) is 0.368. The van der Waals surface area contributed by atoms with Gasteiger partial charge in [0, 0.05) is 36.3 Å². The van der Waals surface area contributed by atoms with E-state index in [1.54, 1.807) is 17.0 Å². The van der Waals surface area contributed by atoms with Crippen LogP contribution < -0.4 is 5.69 Å². The monoisotopic (exact) mass is 353 g/mol. The molecule has 0 unspecified atom stereocenters. The molecule has 0 radical (unpaired) electrons. The maximum absolute atomic E-state index is 13.3. The first-order valence-electron chi connectivity index (χ1n) is 8.58. The van der Waals surface area contributed by atoms with Crippen LogP contribution in [-0.2, 0) is 13.6 Å². The number of para-hydroxylation sites is 1. The number of hydrogen-bond acceptors (Lipinski definition) is 4. The van der Waals surface area contributed by atoms with Gasteiger partial charge in [0.15, 0.2) is 0 Å². The second kappa shape index (κ2) is 6.74. The van der Waals surface area contributed by atoms with E-state index in [9.17, 15) is 9.59 Å². The van der Waals surface area contributed by atoms with Crippen molar-refractivity contribution in [3.63, 3.8) is 0 Å². The highest BCUT2D eigenvalue weighted by atomic mass is 16.2. The summed E-state index contributed by atoms with van der Waals surface area (Å²) in [7, 11) is 1.89. The average Bonchev–Trinajstić information content (AvgIpc) is 2.83. The third-order valence-corrected chi connectivity index (χ3v) is 4.71. The summed E-state index contributed by atoms with van der Waals surface area (Å²) in [5.74, 6) is -0.259. The van der Waals surface area contributed by atoms with Crippen LogP contribution in [-0.4, -0.2) is 36.6 Å². The zero-order valence-electron chi connectivity index (χ0n) is 15.7. The Morgan fingerprint density at radius 3 is 2.58 bits per heavy atom. The number of aryl methyl sites for hydroxylation is 2. The maximum atomic E-state index is 13.3. The molecule has 0 saturated heterocycles. The number of nitrogens with zero attached hydrogens (tertiary/aromatic N) is 4. The van der Waals surface area contributed by atoms with Crippen LogP contribution in [0.25, 0.3) is 10.9 Å². The lowest BCUT2D eigenvalue weighted by Crippen LogP contribution is -2.38. The van der Waals surface area contributed by atoms with Crippen LogP contribution in [0.3, 0.4) is 0 Å². The number of aromatic amines is 1. The molecule has 0 bridgehead atoms. The molecule has 136 valence electrons. The Labute approximate surface area is 151 Å². The van der Waals surface area contributed by atoms with Gasteiger partial charge >= 0.3 is 5.69 Å². The molecule has 1 N–H and O–H groups in total. The second-order valence-corrected chi connectivity index (χ2v) is 6.74. The lowest BCUT2D eigenvalue weighted by atomic mass is 10.1. The predicted molar refractivity (Wildman–Crippen MR) is 100 cm³/mol. The van der Waals surface area contributed by atoms with Gasteiger partial charge in [-0.2, -0.15) is 10.1 Å². The van der Waals surface area contributed by atoms with E-state index < -0.39 is 5.69 Å². The minimum atomic E-state index is -0.524. The Kier molecular flexibility index (Phi) is 4.63. The van der Waals surface area contributed by atoms with Crippen molar-refractivity contribution in [1.29, 1.82) is 0 Å². The maximum Gasteiger partial charge on any atom is 0.346 e. The van der Waals surface area contributed by atoms with Gasteiger partial charge in [0.1, 0.15) is 5.69 Å². The number of nitrogens with one attached hydrogen (secondary N) is 1. The number of hydrogen-bond donors (Lipinski definition) is 1. The average molecular weight is 353 g/mol. The molecule has 3 aromatic rings. The molecule has 0 aliphatic rings. The first-order chi connectivity index (χ1) is 12.3. The van der Waals surface area contributed by atoms with E-state index in [2.05, 4.69) is 15.1 Å². The number of carbonyl (C=O) groups excluding carboxylic acids is 1. The van der Waals surface area contributed by atoms with Crippen molar-refractivity contribution in [3.05, 3.63) is 57.4 Å². The first-order valence-corrected chi connectivity index (χ1v) is 8.58. The van der Waals surface area contributed by atoms with E-state index in [0.717, 1.165) is 17.0 Å². The van der Waals surface area contributed by atoms with E-state index in [4.69, 9.17) is 0 Å². The Hall–Kier alpha value is -2.96. The predicted octanol–water partition coefficient (Wildman–Crippen LogP) is 2.32. The Bertz CT molecular complexity index is 1030. The third kappa shape index (κ3) is 3.12. The number of H-pyrrole nitrogens is 1. The second-order valence-electron chi connectivity index (χ2n) is 6.74. The molecule has 0 atom stereocenters. The van der Waals surface area contributed by atoms with Crippen molar-refractivity contribution in [2.24, 2.45) is 7.05 Å². The van der Waals surface area contributed by atoms with Gasteiger partial charge in [-0.25, -0.2) is 4.79 Å². The van der Waals surface area contributed by atoms with Crippen LogP contribution in [0.4, 0.5) is 0 Å². The van der Waals surface area contributed by atoms with Crippen molar-refractivity contribution >= 4 is 16.8 Å². The lowest BCUT2D eigenvalue weighted by molar-refractivity contribution is 0.0685. The summed E-state index contributed by atoms with van der Waals surface area (Å²) in [5.41, 5.74) is 3.19. The zero-order valence-corrected chi connectivity index (χ0v) is 15.7. The first kappa shape index (κ1) is 17.8. The summed E-state index contributed by atoms with van der Waals surface area (Å²) >= 11 is 0. The molecule has 0 fully saturated rings. The minimum Gasteiger partial charge on any atom is -0.330 e. The summed E-state index contributed by atoms with van der Waals surface area (Å²) in [6.45, 7) is 8.25. The van der Waals surface area contributed by atoms with E-state index in [1.807, 2.05) is 51.6 Å². The van der Waals surface area contributed by atoms with E-state index in [0.29, 0.717) is 17.4 Å². The van der Waals surface area contributed by atoms with Gasteiger partial charge in [0.2, 0.25) is 0 Å². The van der Waals surface area contributed by atoms with Crippen molar-refractivity contribution in [1.82, 2.24) is 24.6 Å². The molecule has 1 aromatic carbocycles. The molecular weight excluding hydrogens is 330 g/mol. The van der Waals surface area contributed by atoms with E-state index in [-0.39, 0.29) is 17.6 Å². The number of benzene rings is 1. The number of amides is 1. The summed E-state index contributed by atoms with van der Waals surface area (Å²) in [6, 6.07) is 7.15. The van der Waals surface area contributed by atoms with Gasteiger partial charge in [0.25, 0.3) is 5.91 Å². The largest absolute Gasteiger partial charge is 0.346 e. The van der Waals surface area contributed by atoms with Crippen LogP contribution in [0.5, 0.6) is 0 Å². The van der Waals surface area contributed by atoms with Gasteiger partial charge in [-0.05, 0) is 33.8 Å². The quantitative estimate of drug-likeness (QED) is 0.780. The normalized spacial score (nSPS) is 11.3. The molecule has 0 spiro atoms. The van der Waals surface area contributed by atoms with E-state index in [1.165, 1.54) is 0 Å². The van der Waals surface area contributed by atoms with Crippen molar-refractivity contribution in [2.75, 3.05) is 0 Å². The Balaban J connectivity index is 2.07. The van der Waals surface area contributed by atoms with Gasteiger partial charge in [-0.1, -0.05) is 18.2 Å². The molecule has 26 heavy (non-hydrogen) atoms. The van der Waals surface area contributed by atoms with Crippen LogP contribution in [0.1, 0.15) is 41.3 Å². The molecule has 1 amide bonds. The summed E-state index contributed by atoms with van der Waals surface area (Å²) < 4.78 is 1.81. The van der Waals surface area contributed by atoms with Crippen molar-refractivity contribution in [2.45, 2.75) is 40.3 Å². The molecule has 0 saturated carbocycles. The third-order valence-electron chi connectivity index (χ3n) is 4.71. The highest BCUT2D eigenvalue weighted by molar-refractivity contribution is 6.04. The van der Waals surface area contributed by atoms with Gasteiger partial charge in [-0.15, -0.1) is 0 Å². The smallest absolute Gasteiger partial charge is 0.330 e. The molecule has 0 aliphatic carbocycles. The van der Waals surface area contributed by atoms with Crippen molar-refractivity contribution in [3.8, 4) is 0 Å². The number of fused-ring (bicyclic) bond motifs is 1. The Morgan fingerprint density at radius 1 is 1.27 bits per heavy atom. The molecule has 7 heteroatoms. The number of carbonyl (C=O) groups is 1. The van der Waals surface area contributed by atoms with Gasteiger partial charge in [-0.3, -0.25) is 9.48 Å². The highest BCUT2D eigenvalue weighted by Gasteiger charge is 2.25. The Morgan fingerprint density at radius 2 is 1.96 bits per heavy atom. The molecular formula is C19H23N5O2. The zero-order chi connectivity index (χ0) is 19.0. The van der Waals surface area contributed by atoms with Crippen LogP contribution in [0, 0.1) is 13.8 Å². The van der Waals surface area contributed by atoms with Crippen LogP contribution in [0.2, 0.25) is 0 Å². The summed E-state index contributed by atoms with van der Waals surface area (Å²) in [6.07, 6.45) is 0. The number of aromatic nitrogens is 4. The number of rotatable bonds is 4. The topological polar surface area (TPSA) is 83.9 Å². The van der Waals surface area contributed by atoms with Crippen LogP contribution in [0.15, 0.2) is 29.1 Å². The standard InChI is InChI=1S/C19H23N5O2/c1-11(2)24(10-15-12(3)22-23(5)13(15)4)18(25)17-14-8-6-7-9-16(14)20-19(26)21-17/h6-9,11H,10H2,1-5H3,(H,20,21,26).